The Kier molecular flexibility index (Phi) is 1.94. The van der Waals surface area contributed by atoms with Crippen LogP contribution in [0.5, 0.6) is 0 Å². The van der Waals surface area contributed by atoms with E-state index < -0.39 is 0 Å². The Morgan fingerprint density at radius 1 is 1.20 bits per heavy atom. The van der Waals surface area contributed by atoms with Crippen molar-refractivity contribution in [2.45, 2.75) is 25.7 Å². The lowest BCUT2D eigenvalue weighted by Gasteiger charge is -2.49. The van der Waals surface area contributed by atoms with Crippen LogP contribution < -0.4 is 4.90 Å². The Morgan fingerprint density at radius 3 is 2.60 bits per heavy atom. The first-order valence-electron chi connectivity index (χ1n) is 5.63. The van der Waals surface area contributed by atoms with E-state index in [2.05, 4.69) is 9.88 Å². The number of hydrogen-bond donors (Lipinski definition) is 0. The molecule has 0 atom stereocenters. The van der Waals surface area contributed by atoms with E-state index in [0.717, 1.165) is 18.8 Å². The van der Waals surface area contributed by atoms with Crippen LogP contribution in [-0.2, 0) is 0 Å². The normalized spacial score (nSPS) is 23.1. The van der Waals surface area contributed by atoms with E-state index in [1.54, 1.807) is 12.3 Å². The predicted octanol–water partition coefficient (Wildman–Crippen LogP) is 2.60. The van der Waals surface area contributed by atoms with E-state index in [4.69, 9.17) is 0 Å². The number of anilines is 1. The standard InChI is InChI=1S/C12H15FN2/c13-10-5-11(7-14-6-10)15-8-12(9-15)3-1-2-4-12/h5-7H,1-4,8-9H2. The molecule has 3 heteroatoms. The van der Waals surface area contributed by atoms with E-state index >= 15 is 0 Å². The summed E-state index contributed by atoms with van der Waals surface area (Å²) in [5, 5.41) is 0. The van der Waals surface area contributed by atoms with Crippen LogP contribution in [0.2, 0.25) is 0 Å². The number of hydrogen-bond acceptors (Lipinski definition) is 2. The third kappa shape index (κ3) is 1.50. The van der Waals surface area contributed by atoms with Crippen molar-refractivity contribution in [3.05, 3.63) is 24.3 Å². The lowest BCUT2D eigenvalue weighted by atomic mass is 9.78. The molecule has 80 valence electrons. The van der Waals surface area contributed by atoms with Crippen molar-refractivity contribution in [2.24, 2.45) is 5.41 Å². The molecule has 0 N–H and O–H groups in total. The van der Waals surface area contributed by atoms with Gasteiger partial charge in [-0.25, -0.2) is 4.39 Å². The average molecular weight is 206 g/mol. The molecule has 3 rings (SSSR count). The van der Waals surface area contributed by atoms with Crippen molar-refractivity contribution in [1.29, 1.82) is 0 Å². The average Bonchev–Trinajstić information content (AvgIpc) is 2.64. The topological polar surface area (TPSA) is 16.1 Å². The summed E-state index contributed by atoms with van der Waals surface area (Å²) in [6.45, 7) is 2.19. The molecule has 1 aliphatic heterocycles. The molecule has 0 radical (unpaired) electrons. The van der Waals surface area contributed by atoms with Crippen LogP contribution in [0.25, 0.3) is 0 Å². The molecule has 2 aliphatic rings. The third-order valence-corrected chi connectivity index (χ3v) is 3.77. The first kappa shape index (κ1) is 9.13. The highest BCUT2D eigenvalue weighted by Crippen LogP contribution is 2.46. The largest absolute Gasteiger partial charge is 0.369 e. The van der Waals surface area contributed by atoms with Crippen LogP contribution in [0.15, 0.2) is 18.5 Å². The van der Waals surface area contributed by atoms with Crippen molar-refractivity contribution in [3.63, 3.8) is 0 Å². The van der Waals surface area contributed by atoms with Crippen LogP contribution >= 0.6 is 0 Å². The maximum atomic E-state index is 13.0. The van der Waals surface area contributed by atoms with Crippen LogP contribution in [0.4, 0.5) is 10.1 Å². The van der Waals surface area contributed by atoms with Crippen LogP contribution in [0.1, 0.15) is 25.7 Å². The SMILES string of the molecule is Fc1cncc(N2CC3(CCCC3)C2)c1. The number of halogens is 1. The van der Waals surface area contributed by atoms with E-state index in [-0.39, 0.29) is 5.82 Å². The van der Waals surface area contributed by atoms with Gasteiger partial charge in [0.2, 0.25) is 0 Å². The van der Waals surface area contributed by atoms with Crippen molar-refractivity contribution >= 4 is 5.69 Å². The Bertz CT molecular complexity index is 364. The van der Waals surface area contributed by atoms with E-state index in [1.807, 2.05) is 0 Å². The van der Waals surface area contributed by atoms with Gasteiger partial charge >= 0.3 is 0 Å². The highest BCUT2D eigenvalue weighted by Gasteiger charge is 2.44. The van der Waals surface area contributed by atoms with Gasteiger partial charge in [-0.2, -0.15) is 0 Å². The highest BCUT2D eigenvalue weighted by atomic mass is 19.1. The Hall–Kier alpha value is -1.12. The zero-order valence-corrected chi connectivity index (χ0v) is 8.75. The van der Waals surface area contributed by atoms with Gasteiger partial charge in [-0.3, -0.25) is 4.98 Å². The molecular weight excluding hydrogens is 191 g/mol. The molecule has 0 bridgehead atoms. The van der Waals surface area contributed by atoms with E-state index in [9.17, 15) is 4.39 Å². The summed E-state index contributed by atoms with van der Waals surface area (Å²) in [7, 11) is 0. The maximum absolute atomic E-state index is 13.0. The summed E-state index contributed by atoms with van der Waals surface area (Å²) < 4.78 is 13.0. The van der Waals surface area contributed by atoms with Gasteiger partial charge in [0.15, 0.2) is 0 Å². The van der Waals surface area contributed by atoms with Gasteiger partial charge < -0.3 is 4.90 Å². The molecule has 0 amide bonds. The fraction of sp³-hybridized carbons (Fsp3) is 0.583. The Morgan fingerprint density at radius 2 is 1.93 bits per heavy atom. The molecule has 1 aromatic heterocycles. The van der Waals surface area contributed by atoms with E-state index in [1.165, 1.54) is 31.9 Å². The molecule has 1 aliphatic carbocycles. The molecule has 0 unspecified atom stereocenters. The van der Waals surface area contributed by atoms with Crippen LogP contribution in [0, 0.1) is 11.2 Å². The molecule has 2 nitrogen and oxygen atoms in total. The molecule has 1 saturated carbocycles. The molecule has 15 heavy (non-hydrogen) atoms. The molecule has 2 fully saturated rings. The maximum Gasteiger partial charge on any atom is 0.143 e. The minimum absolute atomic E-state index is 0.236. The Labute approximate surface area is 89.1 Å². The first-order chi connectivity index (χ1) is 7.27. The summed E-state index contributed by atoms with van der Waals surface area (Å²) in [4.78, 5) is 6.12. The van der Waals surface area contributed by atoms with Gasteiger partial charge in [0.25, 0.3) is 0 Å². The molecule has 2 heterocycles. The van der Waals surface area contributed by atoms with Crippen molar-refractivity contribution in [2.75, 3.05) is 18.0 Å². The summed E-state index contributed by atoms with van der Waals surface area (Å²) in [5.41, 5.74) is 1.50. The molecule has 1 aromatic rings. The Balaban J connectivity index is 1.72. The van der Waals surface area contributed by atoms with E-state index in [0.29, 0.717) is 5.41 Å². The second-order valence-electron chi connectivity index (χ2n) is 4.92. The molecule has 0 aromatic carbocycles. The quantitative estimate of drug-likeness (QED) is 0.702. The van der Waals surface area contributed by atoms with Crippen LogP contribution in [-0.4, -0.2) is 18.1 Å². The first-order valence-corrected chi connectivity index (χ1v) is 5.63. The molecular formula is C12H15FN2. The van der Waals surface area contributed by atoms with Crippen molar-refractivity contribution in [3.8, 4) is 0 Å². The van der Waals surface area contributed by atoms with Gasteiger partial charge in [-0.05, 0) is 12.8 Å². The second kappa shape index (κ2) is 3.19. The summed E-state index contributed by atoms with van der Waals surface area (Å²) in [5.74, 6) is -0.236. The van der Waals surface area contributed by atoms with Crippen molar-refractivity contribution in [1.82, 2.24) is 4.98 Å². The second-order valence-corrected chi connectivity index (χ2v) is 4.92. The number of nitrogens with zero attached hydrogens (tertiary/aromatic N) is 2. The lowest BCUT2D eigenvalue weighted by Crippen LogP contribution is -2.55. The number of pyridine rings is 1. The third-order valence-electron chi connectivity index (χ3n) is 3.77. The number of aromatic nitrogens is 1. The number of rotatable bonds is 1. The zero-order chi connectivity index (χ0) is 10.3. The van der Waals surface area contributed by atoms with Gasteiger partial charge in [0.1, 0.15) is 5.82 Å². The predicted molar refractivity (Wildman–Crippen MR) is 57.3 cm³/mol. The fourth-order valence-electron chi connectivity index (χ4n) is 2.96. The highest BCUT2D eigenvalue weighted by molar-refractivity contribution is 5.48. The minimum Gasteiger partial charge on any atom is -0.369 e. The zero-order valence-electron chi connectivity index (χ0n) is 8.75. The summed E-state index contributed by atoms with van der Waals surface area (Å²) in [6, 6.07) is 1.58. The van der Waals surface area contributed by atoms with Crippen LogP contribution in [0.3, 0.4) is 0 Å². The lowest BCUT2D eigenvalue weighted by molar-refractivity contribution is 0.221. The summed E-state index contributed by atoms with van der Waals surface area (Å²) in [6.07, 6.45) is 8.46. The van der Waals surface area contributed by atoms with Gasteiger partial charge in [0, 0.05) is 24.6 Å². The fourth-order valence-corrected chi connectivity index (χ4v) is 2.96. The van der Waals surface area contributed by atoms with Gasteiger partial charge in [-0.1, -0.05) is 12.8 Å². The molecule has 1 saturated heterocycles. The van der Waals surface area contributed by atoms with Gasteiger partial charge in [-0.15, -0.1) is 0 Å². The smallest absolute Gasteiger partial charge is 0.143 e. The van der Waals surface area contributed by atoms with Gasteiger partial charge in [0.05, 0.1) is 18.1 Å². The minimum atomic E-state index is -0.236. The monoisotopic (exact) mass is 206 g/mol. The summed E-state index contributed by atoms with van der Waals surface area (Å²) >= 11 is 0. The van der Waals surface area contributed by atoms with Crippen molar-refractivity contribution < 1.29 is 4.39 Å². The molecule has 1 spiro atoms.